The molecular formula is C22H25N3O2. The number of benzene rings is 2. The molecule has 0 radical (unpaired) electrons. The van der Waals surface area contributed by atoms with Crippen LogP contribution in [0.5, 0.6) is 0 Å². The molecule has 2 atom stereocenters. The van der Waals surface area contributed by atoms with Gasteiger partial charge < -0.3 is 14.7 Å². The van der Waals surface area contributed by atoms with Crippen LogP contribution in [-0.4, -0.2) is 58.9 Å². The third-order valence-electron chi connectivity index (χ3n) is 5.56. The molecule has 0 saturated carbocycles. The van der Waals surface area contributed by atoms with Gasteiger partial charge >= 0.3 is 6.03 Å². The summed E-state index contributed by atoms with van der Waals surface area (Å²) in [6.45, 7) is 3.90. The number of carbonyl (C=O) groups excluding carboxylic acids is 2. The first-order valence-corrected chi connectivity index (χ1v) is 9.44. The fourth-order valence-electron chi connectivity index (χ4n) is 4.12. The molecule has 140 valence electrons. The lowest BCUT2D eigenvalue weighted by Crippen LogP contribution is -2.60. The van der Waals surface area contributed by atoms with E-state index in [1.54, 1.807) is 4.90 Å². The molecular weight excluding hydrogens is 338 g/mol. The predicted molar refractivity (Wildman–Crippen MR) is 104 cm³/mol. The third kappa shape index (κ3) is 3.42. The quantitative estimate of drug-likeness (QED) is 0.838. The number of amides is 3. The van der Waals surface area contributed by atoms with Crippen molar-refractivity contribution in [3.63, 3.8) is 0 Å². The zero-order chi connectivity index (χ0) is 19.0. The molecule has 2 aliphatic heterocycles. The number of rotatable bonds is 4. The minimum Gasteiger partial charge on any atom is -0.342 e. The van der Waals surface area contributed by atoms with Gasteiger partial charge in [-0.15, -0.1) is 0 Å². The van der Waals surface area contributed by atoms with Crippen LogP contribution in [0, 0.1) is 6.92 Å². The highest BCUT2D eigenvalue weighted by atomic mass is 16.2. The van der Waals surface area contributed by atoms with Crippen LogP contribution in [0.1, 0.15) is 16.7 Å². The van der Waals surface area contributed by atoms with Crippen molar-refractivity contribution in [1.82, 2.24) is 14.7 Å². The largest absolute Gasteiger partial charge is 0.342 e. The monoisotopic (exact) mass is 363 g/mol. The first kappa shape index (κ1) is 17.6. The van der Waals surface area contributed by atoms with Crippen molar-refractivity contribution in [3.8, 4) is 0 Å². The van der Waals surface area contributed by atoms with Crippen LogP contribution >= 0.6 is 0 Å². The third-order valence-corrected chi connectivity index (χ3v) is 5.56. The zero-order valence-electron chi connectivity index (χ0n) is 15.8. The highest BCUT2D eigenvalue weighted by molar-refractivity contribution is 5.90. The normalized spacial score (nSPS) is 22.4. The van der Waals surface area contributed by atoms with E-state index in [0.29, 0.717) is 26.1 Å². The van der Waals surface area contributed by atoms with Crippen molar-refractivity contribution in [2.75, 3.05) is 20.1 Å². The lowest BCUT2D eigenvalue weighted by Gasteiger charge is -2.40. The number of hydrogen-bond acceptors (Lipinski definition) is 2. The van der Waals surface area contributed by atoms with Gasteiger partial charge in [0.1, 0.15) is 6.04 Å². The maximum atomic E-state index is 13.1. The SMILES string of the molecule is Cc1ccc(CN2C[C@H]3CN(C)C(=O)[C@H](Cc4ccccc4)N3C2=O)cc1. The molecule has 2 saturated heterocycles. The zero-order valence-corrected chi connectivity index (χ0v) is 15.8. The van der Waals surface area contributed by atoms with E-state index in [9.17, 15) is 9.59 Å². The van der Waals surface area contributed by atoms with E-state index >= 15 is 0 Å². The molecule has 2 aliphatic rings. The van der Waals surface area contributed by atoms with E-state index in [4.69, 9.17) is 0 Å². The van der Waals surface area contributed by atoms with Gasteiger partial charge in [0.05, 0.1) is 6.04 Å². The van der Waals surface area contributed by atoms with E-state index in [1.807, 2.05) is 47.2 Å². The van der Waals surface area contributed by atoms with E-state index in [2.05, 4.69) is 31.2 Å². The van der Waals surface area contributed by atoms with Crippen LogP contribution in [0.15, 0.2) is 54.6 Å². The highest BCUT2D eigenvalue weighted by Crippen LogP contribution is 2.28. The number of piperazine rings is 1. The second-order valence-corrected chi connectivity index (χ2v) is 7.63. The van der Waals surface area contributed by atoms with Crippen LogP contribution in [-0.2, 0) is 17.8 Å². The molecule has 4 rings (SSSR count). The summed E-state index contributed by atoms with van der Waals surface area (Å²) in [4.78, 5) is 31.5. The maximum absolute atomic E-state index is 13.1. The Kier molecular flexibility index (Phi) is 4.60. The molecule has 0 aromatic heterocycles. The Balaban J connectivity index is 1.56. The molecule has 0 unspecified atom stereocenters. The van der Waals surface area contributed by atoms with E-state index in [0.717, 1.165) is 11.1 Å². The van der Waals surface area contributed by atoms with Gasteiger partial charge in [-0.1, -0.05) is 60.2 Å². The molecule has 2 aromatic rings. The van der Waals surface area contributed by atoms with Gasteiger partial charge in [-0.25, -0.2) is 4.79 Å². The number of urea groups is 1. The number of fused-ring (bicyclic) bond motifs is 1. The summed E-state index contributed by atoms with van der Waals surface area (Å²) in [5, 5.41) is 0. The van der Waals surface area contributed by atoms with E-state index in [1.165, 1.54) is 5.56 Å². The Morgan fingerprint density at radius 3 is 2.33 bits per heavy atom. The van der Waals surface area contributed by atoms with Crippen LogP contribution in [0.3, 0.4) is 0 Å². The predicted octanol–water partition coefficient (Wildman–Crippen LogP) is 2.68. The highest BCUT2D eigenvalue weighted by Gasteiger charge is 2.48. The van der Waals surface area contributed by atoms with E-state index in [-0.39, 0.29) is 18.0 Å². The van der Waals surface area contributed by atoms with Crippen LogP contribution in [0.25, 0.3) is 0 Å². The molecule has 5 nitrogen and oxygen atoms in total. The Labute approximate surface area is 160 Å². The standard InChI is InChI=1S/C22H25N3O2/c1-16-8-10-18(11-9-16)13-24-15-19-14-23(2)21(26)20(25(19)22(24)27)12-17-6-4-3-5-7-17/h3-11,19-20H,12-15H2,1-2H3/t19-,20+/m1/s1. The number of aryl methyl sites for hydroxylation is 1. The maximum Gasteiger partial charge on any atom is 0.321 e. The van der Waals surface area contributed by atoms with Crippen LogP contribution < -0.4 is 0 Å². The van der Waals surface area contributed by atoms with Gasteiger partial charge in [-0.05, 0) is 18.1 Å². The van der Waals surface area contributed by atoms with Crippen molar-refractivity contribution >= 4 is 11.9 Å². The fraction of sp³-hybridized carbons (Fsp3) is 0.364. The van der Waals surface area contributed by atoms with Gasteiger partial charge in [-0.2, -0.15) is 0 Å². The first-order valence-electron chi connectivity index (χ1n) is 9.44. The summed E-state index contributed by atoms with van der Waals surface area (Å²) in [7, 11) is 1.84. The molecule has 0 bridgehead atoms. The minimum absolute atomic E-state index is 0.0250. The molecule has 0 N–H and O–H groups in total. The van der Waals surface area contributed by atoms with Crippen LogP contribution in [0.4, 0.5) is 4.79 Å². The van der Waals surface area contributed by atoms with Crippen molar-refractivity contribution < 1.29 is 9.59 Å². The molecule has 2 heterocycles. The van der Waals surface area contributed by atoms with E-state index < -0.39 is 6.04 Å². The molecule has 0 spiro atoms. The van der Waals surface area contributed by atoms with Gasteiger partial charge in [-0.3, -0.25) is 4.79 Å². The van der Waals surface area contributed by atoms with Crippen LogP contribution in [0.2, 0.25) is 0 Å². The molecule has 27 heavy (non-hydrogen) atoms. The second-order valence-electron chi connectivity index (χ2n) is 7.63. The van der Waals surface area contributed by atoms with Gasteiger partial charge in [0.25, 0.3) is 0 Å². The minimum atomic E-state index is -0.424. The average Bonchev–Trinajstić information content (AvgIpc) is 2.97. The fourth-order valence-corrected chi connectivity index (χ4v) is 4.12. The Bertz CT molecular complexity index is 834. The number of hydrogen-bond donors (Lipinski definition) is 0. The lowest BCUT2D eigenvalue weighted by atomic mass is 9.99. The number of likely N-dealkylation sites (N-methyl/N-ethyl adjacent to an activating group) is 1. The molecule has 2 aromatic carbocycles. The summed E-state index contributed by atoms with van der Waals surface area (Å²) in [5.41, 5.74) is 3.40. The smallest absolute Gasteiger partial charge is 0.321 e. The van der Waals surface area contributed by atoms with Gasteiger partial charge in [0, 0.05) is 33.1 Å². The van der Waals surface area contributed by atoms with Crippen molar-refractivity contribution in [2.24, 2.45) is 0 Å². The summed E-state index contributed by atoms with van der Waals surface area (Å²) in [5.74, 6) is 0.0284. The Morgan fingerprint density at radius 1 is 0.926 bits per heavy atom. The van der Waals surface area contributed by atoms with Gasteiger partial charge in [0.15, 0.2) is 0 Å². The molecule has 0 aliphatic carbocycles. The Hall–Kier alpha value is -2.82. The Morgan fingerprint density at radius 2 is 1.63 bits per heavy atom. The van der Waals surface area contributed by atoms with Crippen molar-refractivity contribution in [2.45, 2.75) is 32.0 Å². The van der Waals surface area contributed by atoms with Crippen molar-refractivity contribution in [1.29, 1.82) is 0 Å². The summed E-state index contributed by atoms with van der Waals surface area (Å²) in [6.07, 6.45) is 0.560. The number of carbonyl (C=O) groups is 2. The summed E-state index contributed by atoms with van der Waals surface area (Å²) < 4.78 is 0. The molecule has 5 heteroatoms. The topological polar surface area (TPSA) is 43.9 Å². The molecule has 3 amide bonds. The average molecular weight is 363 g/mol. The summed E-state index contributed by atoms with van der Waals surface area (Å²) >= 11 is 0. The first-order chi connectivity index (χ1) is 13.0. The van der Waals surface area contributed by atoms with Crippen molar-refractivity contribution in [3.05, 3.63) is 71.3 Å². The molecule has 2 fully saturated rings. The lowest BCUT2D eigenvalue weighted by molar-refractivity contribution is -0.139. The van der Waals surface area contributed by atoms with Gasteiger partial charge in [0.2, 0.25) is 5.91 Å². The second kappa shape index (κ2) is 7.06. The summed E-state index contributed by atoms with van der Waals surface area (Å²) in [6, 6.07) is 17.8. The number of nitrogens with zero attached hydrogens (tertiary/aromatic N) is 3.